The van der Waals surface area contributed by atoms with Gasteiger partial charge >= 0.3 is 0 Å². The van der Waals surface area contributed by atoms with Gasteiger partial charge in [0.15, 0.2) is 0 Å². The van der Waals surface area contributed by atoms with Gasteiger partial charge in [-0.3, -0.25) is 0 Å². The van der Waals surface area contributed by atoms with Gasteiger partial charge in [0.25, 0.3) is 0 Å². The summed E-state index contributed by atoms with van der Waals surface area (Å²) in [6.45, 7) is 1.16. The Morgan fingerprint density at radius 1 is 1.45 bits per heavy atom. The van der Waals surface area contributed by atoms with E-state index in [4.69, 9.17) is 10.00 Å². The van der Waals surface area contributed by atoms with Gasteiger partial charge in [0.2, 0.25) is 10.0 Å². The van der Waals surface area contributed by atoms with E-state index < -0.39 is 10.0 Å². The van der Waals surface area contributed by atoms with Crippen molar-refractivity contribution in [3.63, 3.8) is 0 Å². The Morgan fingerprint density at radius 2 is 2.20 bits per heavy atom. The zero-order valence-corrected chi connectivity index (χ0v) is 12.0. The molecule has 0 aromatic heterocycles. The highest BCUT2D eigenvalue weighted by Gasteiger charge is 2.30. The molecule has 1 heterocycles. The van der Waals surface area contributed by atoms with Crippen molar-refractivity contribution in [3.05, 3.63) is 35.4 Å². The maximum absolute atomic E-state index is 12.2. The van der Waals surface area contributed by atoms with Crippen LogP contribution in [0.5, 0.6) is 0 Å². The Balaban J connectivity index is 2.10. The van der Waals surface area contributed by atoms with Crippen molar-refractivity contribution in [2.24, 2.45) is 0 Å². The average molecular weight is 295 g/mol. The molecule has 1 fully saturated rings. The summed E-state index contributed by atoms with van der Waals surface area (Å²) in [5.74, 6) is -0.205. The van der Waals surface area contributed by atoms with E-state index in [1.807, 2.05) is 6.07 Å². The molecule has 1 unspecified atom stereocenters. The normalized spacial score (nSPS) is 22.6. The van der Waals surface area contributed by atoms with Crippen LogP contribution in [-0.2, 0) is 20.5 Å². The lowest BCUT2D eigenvalue weighted by atomic mass is 10.1. The standard InChI is InChI=1S/C13H17N3O3S/c1-19-13-8-15-7-12(13)16-20(17,18)9-11-5-3-2-4-10(11)6-14/h2-5,12-13,15-16H,7-9H2,1H3/t12?,13-/m0/s1. The minimum Gasteiger partial charge on any atom is -0.378 e. The summed E-state index contributed by atoms with van der Waals surface area (Å²) in [5.41, 5.74) is 0.883. The molecule has 1 aromatic carbocycles. The Morgan fingerprint density at radius 3 is 2.90 bits per heavy atom. The highest BCUT2D eigenvalue weighted by molar-refractivity contribution is 7.88. The Hall–Kier alpha value is -1.46. The second-order valence-corrected chi connectivity index (χ2v) is 6.44. The van der Waals surface area contributed by atoms with Gasteiger partial charge < -0.3 is 10.1 Å². The quantitative estimate of drug-likeness (QED) is 0.795. The van der Waals surface area contributed by atoms with E-state index >= 15 is 0 Å². The molecule has 2 N–H and O–H groups in total. The lowest BCUT2D eigenvalue weighted by Crippen LogP contribution is -2.43. The number of sulfonamides is 1. The second-order valence-electron chi connectivity index (χ2n) is 4.68. The summed E-state index contributed by atoms with van der Waals surface area (Å²) in [6, 6.07) is 8.42. The van der Waals surface area contributed by atoms with Crippen LogP contribution in [0.1, 0.15) is 11.1 Å². The molecule has 0 spiro atoms. The van der Waals surface area contributed by atoms with Crippen LogP contribution in [0, 0.1) is 11.3 Å². The first kappa shape index (κ1) is 14.9. The number of ether oxygens (including phenoxy) is 1. The van der Waals surface area contributed by atoms with Gasteiger partial charge in [0, 0.05) is 20.2 Å². The van der Waals surface area contributed by atoms with Crippen molar-refractivity contribution in [1.29, 1.82) is 5.26 Å². The number of hydrogen-bond acceptors (Lipinski definition) is 5. The van der Waals surface area contributed by atoms with Crippen molar-refractivity contribution in [2.75, 3.05) is 20.2 Å². The van der Waals surface area contributed by atoms with Gasteiger partial charge in [0.1, 0.15) is 0 Å². The molecule has 0 radical (unpaired) electrons. The van der Waals surface area contributed by atoms with E-state index in [9.17, 15) is 8.42 Å². The van der Waals surface area contributed by atoms with Gasteiger partial charge in [-0.1, -0.05) is 18.2 Å². The molecule has 0 bridgehead atoms. The molecular weight excluding hydrogens is 278 g/mol. The number of nitrogens with one attached hydrogen (secondary N) is 2. The molecule has 1 saturated heterocycles. The second kappa shape index (κ2) is 6.33. The molecule has 1 aromatic rings. The van der Waals surface area contributed by atoms with Gasteiger partial charge in [-0.05, 0) is 11.6 Å². The van der Waals surface area contributed by atoms with Crippen LogP contribution < -0.4 is 10.0 Å². The Labute approximate surface area is 118 Å². The highest BCUT2D eigenvalue weighted by atomic mass is 32.2. The average Bonchev–Trinajstić information content (AvgIpc) is 2.85. The molecule has 1 aliphatic rings. The zero-order valence-electron chi connectivity index (χ0n) is 11.2. The summed E-state index contributed by atoms with van der Waals surface area (Å²) in [5, 5.41) is 12.1. The smallest absolute Gasteiger partial charge is 0.216 e. The molecule has 0 amide bonds. The van der Waals surface area contributed by atoms with Gasteiger partial charge in [-0.25, -0.2) is 13.1 Å². The highest BCUT2D eigenvalue weighted by Crippen LogP contribution is 2.13. The lowest BCUT2D eigenvalue weighted by molar-refractivity contribution is 0.103. The SMILES string of the molecule is CO[C@H]1CNCC1NS(=O)(=O)Cc1ccccc1C#N. The number of hydrogen-bond donors (Lipinski definition) is 2. The molecule has 2 atom stereocenters. The third-order valence-corrected chi connectivity index (χ3v) is 4.63. The third kappa shape index (κ3) is 3.55. The van der Waals surface area contributed by atoms with E-state index in [1.165, 1.54) is 0 Å². The molecular formula is C13H17N3O3S. The van der Waals surface area contributed by atoms with Gasteiger partial charge in [-0.15, -0.1) is 0 Å². The molecule has 7 heteroatoms. The van der Waals surface area contributed by atoms with Gasteiger partial charge in [0.05, 0.1) is 29.5 Å². The molecule has 1 aliphatic heterocycles. The van der Waals surface area contributed by atoms with Crippen LogP contribution in [0.3, 0.4) is 0 Å². The van der Waals surface area contributed by atoms with Crippen LogP contribution in [0.25, 0.3) is 0 Å². The van der Waals surface area contributed by atoms with Crippen LogP contribution in [0.15, 0.2) is 24.3 Å². The van der Waals surface area contributed by atoms with E-state index in [-0.39, 0.29) is 17.9 Å². The number of rotatable bonds is 5. The van der Waals surface area contributed by atoms with Crippen LogP contribution in [-0.4, -0.2) is 40.8 Å². The van der Waals surface area contributed by atoms with Crippen molar-refractivity contribution in [3.8, 4) is 6.07 Å². The number of nitriles is 1. The number of benzene rings is 1. The van der Waals surface area contributed by atoms with E-state index in [1.54, 1.807) is 31.4 Å². The topological polar surface area (TPSA) is 91.2 Å². The minimum absolute atomic E-state index is 0.170. The molecule has 108 valence electrons. The van der Waals surface area contributed by atoms with E-state index in [0.717, 1.165) is 0 Å². The van der Waals surface area contributed by atoms with Crippen LogP contribution >= 0.6 is 0 Å². The summed E-state index contributed by atoms with van der Waals surface area (Å²) < 4.78 is 32.2. The fourth-order valence-electron chi connectivity index (χ4n) is 2.25. The first-order valence-electron chi connectivity index (χ1n) is 6.27. The first-order chi connectivity index (χ1) is 9.55. The Kier molecular flexibility index (Phi) is 4.73. The predicted octanol–water partition coefficient (Wildman–Crippen LogP) is -0.0355. The van der Waals surface area contributed by atoms with Crippen molar-refractivity contribution >= 4 is 10.0 Å². The number of methoxy groups -OCH3 is 1. The van der Waals surface area contributed by atoms with Crippen LogP contribution in [0.4, 0.5) is 0 Å². The minimum atomic E-state index is -3.51. The number of nitrogens with zero attached hydrogens (tertiary/aromatic N) is 1. The summed E-state index contributed by atoms with van der Waals surface area (Å²) >= 11 is 0. The third-order valence-electron chi connectivity index (χ3n) is 3.28. The maximum atomic E-state index is 12.2. The predicted molar refractivity (Wildman–Crippen MR) is 74.4 cm³/mol. The van der Waals surface area contributed by atoms with Crippen LogP contribution in [0.2, 0.25) is 0 Å². The molecule has 6 nitrogen and oxygen atoms in total. The van der Waals surface area contributed by atoms with Crippen molar-refractivity contribution < 1.29 is 13.2 Å². The van der Waals surface area contributed by atoms with Crippen molar-refractivity contribution in [2.45, 2.75) is 17.9 Å². The fraction of sp³-hybridized carbons (Fsp3) is 0.462. The summed E-state index contributed by atoms with van der Waals surface area (Å²) in [6.07, 6.45) is -0.170. The lowest BCUT2D eigenvalue weighted by Gasteiger charge is -2.18. The van der Waals surface area contributed by atoms with Gasteiger partial charge in [-0.2, -0.15) is 5.26 Å². The zero-order chi connectivity index (χ0) is 14.6. The first-order valence-corrected chi connectivity index (χ1v) is 7.92. The molecule has 20 heavy (non-hydrogen) atoms. The maximum Gasteiger partial charge on any atom is 0.216 e. The fourth-order valence-corrected chi connectivity index (χ4v) is 3.69. The van der Waals surface area contributed by atoms with E-state index in [2.05, 4.69) is 10.0 Å². The van der Waals surface area contributed by atoms with Crippen molar-refractivity contribution in [1.82, 2.24) is 10.0 Å². The molecule has 2 rings (SSSR count). The summed E-state index contributed by atoms with van der Waals surface area (Å²) in [4.78, 5) is 0. The Bertz CT molecular complexity index is 610. The molecule has 0 saturated carbocycles. The molecule has 0 aliphatic carbocycles. The van der Waals surface area contributed by atoms with E-state index in [0.29, 0.717) is 24.2 Å². The summed E-state index contributed by atoms with van der Waals surface area (Å²) in [7, 11) is -1.96. The largest absolute Gasteiger partial charge is 0.378 e. The monoisotopic (exact) mass is 295 g/mol.